The van der Waals surface area contributed by atoms with Crippen LogP contribution >= 0.6 is 0 Å². The van der Waals surface area contributed by atoms with Gasteiger partial charge in [-0.1, -0.05) is 51.2 Å². The molecule has 3 aromatic rings. The van der Waals surface area contributed by atoms with Gasteiger partial charge in [0.05, 0.1) is 13.2 Å². The van der Waals surface area contributed by atoms with Gasteiger partial charge in [0.2, 0.25) is 0 Å². The molecule has 0 radical (unpaired) electrons. The van der Waals surface area contributed by atoms with E-state index in [1.54, 1.807) is 36.4 Å². The Labute approximate surface area is 165 Å². The lowest BCUT2D eigenvalue weighted by molar-refractivity contribution is 0.291. The predicted octanol–water partition coefficient (Wildman–Crippen LogP) is 7.41. The highest BCUT2D eigenvalue weighted by molar-refractivity contribution is 6.08. The zero-order valence-electron chi connectivity index (χ0n) is 16.7. The smallest absolute Gasteiger partial charge is 0.172 e. The van der Waals surface area contributed by atoms with E-state index < -0.39 is 5.82 Å². The number of unbranched alkanes of at least 4 members (excludes halogenated alkanes) is 5. The van der Waals surface area contributed by atoms with Gasteiger partial charge >= 0.3 is 0 Å². The van der Waals surface area contributed by atoms with Gasteiger partial charge in [-0.2, -0.15) is 0 Å². The molecule has 0 saturated carbocycles. The maximum Gasteiger partial charge on any atom is 0.172 e. The minimum absolute atomic E-state index is 0.216. The summed E-state index contributed by atoms with van der Waals surface area (Å²) >= 11 is 0. The minimum Gasteiger partial charge on any atom is -0.491 e. The summed E-state index contributed by atoms with van der Waals surface area (Å²) in [5.74, 6) is -0.328. The third kappa shape index (κ3) is 4.37. The molecule has 0 amide bonds. The van der Waals surface area contributed by atoms with Crippen molar-refractivity contribution >= 4 is 21.5 Å². The van der Waals surface area contributed by atoms with Crippen LogP contribution in [0.25, 0.3) is 21.5 Å². The second kappa shape index (κ2) is 9.72. The lowest BCUT2D eigenvalue weighted by Crippen LogP contribution is -2.00. The molecule has 4 heteroatoms. The molecule has 0 aliphatic heterocycles. The van der Waals surface area contributed by atoms with E-state index in [1.807, 2.05) is 6.92 Å². The fourth-order valence-corrected chi connectivity index (χ4v) is 3.55. The van der Waals surface area contributed by atoms with Crippen molar-refractivity contribution in [1.29, 1.82) is 0 Å². The normalized spacial score (nSPS) is 11.3. The Bertz CT molecular complexity index is 937. The molecule has 2 nitrogen and oxygen atoms in total. The highest BCUT2D eigenvalue weighted by atomic mass is 19.1. The van der Waals surface area contributed by atoms with Crippen molar-refractivity contribution < 1.29 is 18.3 Å². The number of hydrogen-bond donors (Lipinski definition) is 0. The Morgan fingerprint density at radius 2 is 1.11 bits per heavy atom. The number of rotatable bonds is 10. The number of fused-ring (bicyclic) bond motifs is 3. The molecule has 0 heterocycles. The maximum atomic E-state index is 14.9. The molecule has 0 aliphatic carbocycles. The van der Waals surface area contributed by atoms with Gasteiger partial charge < -0.3 is 9.47 Å². The summed E-state index contributed by atoms with van der Waals surface area (Å²) in [7, 11) is 0. The van der Waals surface area contributed by atoms with Gasteiger partial charge in [-0.25, -0.2) is 8.78 Å². The van der Waals surface area contributed by atoms with Crippen LogP contribution in [0.5, 0.6) is 11.5 Å². The lowest BCUT2D eigenvalue weighted by atomic mass is 10.0. The van der Waals surface area contributed by atoms with Crippen molar-refractivity contribution in [3.63, 3.8) is 0 Å². The molecule has 0 spiro atoms. The van der Waals surface area contributed by atoms with Crippen LogP contribution in [0.15, 0.2) is 36.4 Å². The van der Waals surface area contributed by atoms with Crippen LogP contribution in [0.4, 0.5) is 8.78 Å². The Morgan fingerprint density at radius 1 is 0.607 bits per heavy atom. The fourth-order valence-electron chi connectivity index (χ4n) is 3.55. The largest absolute Gasteiger partial charge is 0.491 e. The van der Waals surface area contributed by atoms with E-state index in [-0.39, 0.29) is 17.3 Å². The van der Waals surface area contributed by atoms with Crippen LogP contribution in [-0.4, -0.2) is 13.2 Å². The quantitative estimate of drug-likeness (QED) is 0.267. The van der Waals surface area contributed by atoms with Crippen LogP contribution in [0, 0.1) is 11.6 Å². The van der Waals surface area contributed by atoms with Gasteiger partial charge in [0.15, 0.2) is 23.1 Å². The summed E-state index contributed by atoms with van der Waals surface area (Å²) in [4.78, 5) is 0. The SMILES string of the molecule is CCCCCCCCOc1ccc2c(ccc3c(F)c(OCC)ccc32)c1F. The van der Waals surface area contributed by atoms with E-state index in [2.05, 4.69) is 6.92 Å². The molecule has 3 rings (SSSR count). The van der Waals surface area contributed by atoms with Crippen LogP contribution in [0.3, 0.4) is 0 Å². The highest BCUT2D eigenvalue weighted by Gasteiger charge is 2.14. The third-order valence-electron chi connectivity index (χ3n) is 5.05. The first-order valence-electron chi connectivity index (χ1n) is 10.3. The molecular weight excluding hydrogens is 358 g/mol. The molecule has 3 aromatic carbocycles. The Morgan fingerprint density at radius 3 is 1.68 bits per heavy atom. The molecular formula is C24H28F2O2. The monoisotopic (exact) mass is 386 g/mol. The predicted molar refractivity (Wildman–Crippen MR) is 111 cm³/mol. The summed E-state index contributed by atoms with van der Waals surface area (Å²) in [5.41, 5.74) is 0. The molecule has 150 valence electrons. The second-order valence-electron chi connectivity index (χ2n) is 7.06. The van der Waals surface area contributed by atoms with Crippen molar-refractivity contribution in [2.75, 3.05) is 13.2 Å². The summed E-state index contributed by atoms with van der Waals surface area (Å²) in [5, 5.41) is 2.21. The summed E-state index contributed by atoms with van der Waals surface area (Å²) in [6.45, 7) is 4.91. The van der Waals surface area contributed by atoms with Crippen molar-refractivity contribution in [1.82, 2.24) is 0 Å². The average molecular weight is 386 g/mol. The minimum atomic E-state index is -0.412. The number of benzene rings is 3. The van der Waals surface area contributed by atoms with Crippen molar-refractivity contribution in [3.05, 3.63) is 48.0 Å². The van der Waals surface area contributed by atoms with Crippen molar-refractivity contribution in [2.24, 2.45) is 0 Å². The lowest BCUT2D eigenvalue weighted by Gasteiger charge is -2.12. The first-order valence-corrected chi connectivity index (χ1v) is 10.3. The van der Waals surface area contributed by atoms with Gasteiger partial charge in [0, 0.05) is 10.8 Å². The topological polar surface area (TPSA) is 18.5 Å². The third-order valence-corrected chi connectivity index (χ3v) is 5.05. The molecule has 0 N–H and O–H groups in total. The molecule has 0 aliphatic rings. The molecule has 0 atom stereocenters. The number of halogens is 2. The van der Waals surface area contributed by atoms with Crippen LogP contribution in [-0.2, 0) is 0 Å². The van der Waals surface area contributed by atoms with Crippen molar-refractivity contribution in [2.45, 2.75) is 52.4 Å². The summed E-state index contributed by atoms with van der Waals surface area (Å²) in [6, 6.07) is 10.0. The van der Waals surface area contributed by atoms with Gasteiger partial charge in [-0.05, 0) is 48.4 Å². The van der Waals surface area contributed by atoms with E-state index >= 15 is 0 Å². The van der Waals surface area contributed by atoms with E-state index in [0.29, 0.717) is 34.8 Å². The Balaban J connectivity index is 1.78. The molecule has 0 unspecified atom stereocenters. The first kappa shape index (κ1) is 20.4. The number of hydrogen-bond acceptors (Lipinski definition) is 2. The summed E-state index contributed by atoms with van der Waals surface area (Å²) < 4.78 is 40.6. The van der Waals surface area contributed by atoms with E-state index in [9.17, 15) is 8.78 Å². The van der Waals surface area contributed by atoms with E-state index in [0.717, 1.165) is 12.8 Å². The van der Waals surface area contributed by atoms with Crippen LogP contribution < -0.4 is 9.47 Å². The van der Waals surface area contributed by atoms with Crippen LogP contribution in [0.1, 0.15) is 52.4 Å². The Hall–Kier alpha value is -2.36. The summed E-state index contributed by atoms with van der Waals surface area (Å²) in [6.07, 6.45) is 6.95. The maximum absolute atomic E-state index is 14.9. The zero-order valence-corrected chi connectivity index (χ0v) is 16.7. The average Bonchev–Trinajstić information content (AvgIpc) is 2.71. The molecule has 0 saturated heterocycles. The molecule has 0 fully saturated rings. The standard InChI is InChI=1S/C24H28F2O2/c1-3-5-6-7-8-9-16-28-22-15-13-18-17-12-14-21(27-4-2)23(25)19(17)10-11-20(18)24(22)26/h10-15H,3-9,16H2,1-2H3. The van der Waals surface area contributed by atoms with Gasteiger partial charge in [0.1, 0.15) is 0 Å². The van der Waals surface area contributed by atoms with Crippen molar-refractivity contribution in [3.8, 4) is 11.5 Å². The first-order chi connectivity index (χ1) is 13.7. The van der Waals surface area contributed by atoms with Gasteiger partial charge in [-0.3, -0.25) is 0 Å². The van der Waals surface area contributed by atoms with Crippen LogP contribution in [0.2, 0.25) is 0 Å². The second-order valence-corrected chi connectivity index (χ2v) is 7.06. The fraction of sp³-hybridized carbons (Fsp3) is 0.417. The van der Waals surface area contributed by atoms with E-state index in [1.165, 1.54) is 25.7 Å². The van der Waals surface area contributed by atoms with Gasteiger partial charge in [0.25, 0.3) is 0 Å². The Kier molecular flexibility index (Phi) is 7.07. The zero-order chi connectivity index (χ0) is 19.9. The van der Waals surface area contributed by atoms with E-state index in [4.69, 9.17) is 9.47 Å². The highest BCUT2D eigenvalue weighted by Crippen LogP contribution is 2.35. The molecule has 0 aromatic heterocycles. The molecule has 0 bridgehead atoms. The molecule has 28 heavy (non-hydrogen) atoms. The number of ether oxygens (including phenoxy) is 2. The van der Waals surface area contributed by atoms with Gasteiger partial charge in [-0.15, -0.1) is 0 Å².